The molecule has 6 heteroatoms. The topological polar surface area (TPSA) is 75.2 Å². The van der Waals surface area contributed by atoms with Crippen LogP contribution in [-0.2, 0) is 4.79 Å². The molecule has 0 spiro atoms. The molecular formula is C22H28N4O2. The van der Waals surface area contributed by atoms with Gasteiger partial charge in [0.25, 0.3) is 5.91 Å². The van der Waals surface area contributed by atoms with Gasteiger partial charge in [0.2, 0.25) is 5.91 Å². The van der Waals surface area contributed by atoms with Gasteiger partial charge in [-0.15, -0.1) is 0 Å². The Hall–Kier alpha value is -2.76. The summed E-state index contributed by atoms with van der Waals surface area (Å²) in [5.74, 6) is 0.278. The number of amides is 2. The predicted octanol–water partition coefficient (Wildman–Crippen LogP) is 3.17. The summed E-state index contributed by atoms with van der Waals surface area (Å²) in [7, 11) is 1.59. The van der Waals surface area contributed by atoms with Gasteiger partial charge in [-0.2, -0.15) is 0 Å². The second-order valence-corrected chi connectivity index (χ2v) is 7.71. The number of piperidine rings is 1. The molecule has 2 amide bonds. The molecule has 0 radical (unpaired) electrons. The van der Waals surface area contributed by atoms with E-state index in [-0.39, 0.29) is 23.7 Å². The van der Waals surface area contributed by atoms with Gasteiger partial charge in [-0.1, -0.05) is 19.9 Å². The molecule has 0 aromatic carbocycles. The van der Waals surface area contributed by atoms with E-state index in [0.29, 0.717) is 5.69 Å². The maximum Gasteiger partial charge on any atom is 0.269 e. The van der Waals surface area contributed by atoms with Crippen LogP contribution in [0.25, 0.3) is 11.1 Å². The van der Waals surface area contributed by atoms with Crippen molar-refractivity contribution in [3.05, 3.63) is 47.5 Å². The molecule has 0 bridgehead atoms. The Morgan fingerprint density at radius 2 is 2.00 bits per heavy atom. The summed E-state index contributed by atoms with van der Waals surface area (Å²) in [5, 5.41) is 2.58. The van der Waals surface area contributed by atoms with Crippen molar-refractivity contribution in [1.29, 1.82) is 0 Å². The Morgan fingerprint density at radius 1 is 1.21 bits per heavy atom. The molecule has 6 nitrogen and oxygen atoms in total. The Labute approximate surface area is 166 Å². The molecule has 1 saturated heterocycles. The van der Waals surface area contributed by atoms with E-state index in [1.54, 1.807) is 19.3 Å². The molecule has 2 aromatic heterocycles. The third-order valence-corrected chi connectivity index (χ3v) is 5.17. The first-order valence-electron chi connectivity index (χ1n) is 9.85. The molecule has 3 rings (SSSR count). The lowest BCUT2D eigenvalue weighted by Crippen LogP contribution is -2.41. The molecule has 148 valence electrons. The number of aromatic nitrogens is 2. The van der Waals surface area contributed by atoms with Crippen molar-refractivity contribution in [2.75, 3.05) is 20.1 Å². The first-order valence-corrected chi connectivity index (χ1v) is 9.85. The average molecular weight is 380 g/mol. The van der Waals surface area contributed by atoms with E-state index in [4.69, 9.17) is 4.98 Å². The minimum Gasteiger partial charge on any atom is -0.354 e. The SMILES string of the molecule is CNC(=O)c1ccc(-c2cc(C)nc(C3CCCN(C(=O)C(C)C)C3)c2)cn1. The number of rotatable bonds is 4. The van der Waals surface area contributed by atoms with Crippen LogP contribution in [0.2, 0.25) is 0 Å². The lowest BCUT2D eigenvalue weighted by atomic mass is 9.91. The molecule has 1 fully saturated rings. The zero-order valence-corrected chi connectivity index (χ0v) is 17.0. The maximum absolute atomic E-state index is 12.4. The van der Waals surface area contributed by atoms with Crippen LogP contribution in [0, 0.1) is 12.8 Å². The number of hydrogen-bond donors (Lipinski definition) is 1. The van der Waals surface area contributed by atoms with Crippen LogP contribution >= 0.6 is 0 Å². The summed E-state index contributed by atoms with van der Waals surface area (Å²) >= 11 is 0. The van der Waals surface area contributed by atoms with Gasteiger partial charge < -0.3 is 10.2 Å². The van der Waals surface area contributed by atoms with E-state index >= 15 is 0 Å². The fraction of sp³-hybridized carbons (Fsp3) is 0.455. The predicted molar refractivity (Wildman–Crippen MR) is 109 cm³/mol. The van der Waals surface area contributed by atoms with Crippen molar-refractivity contribution in [2.45, 2.75) is 39.5 Å². The quantitative estimate of drug-likeness (QED) is 0.884. The zero-order valence-electron chi connectivity index (χ0n) is 17.0. The van der Waals surface area contributed by atoms with Crippen molar-refractivity contribution in [3.8, 4) is 11.1 Å². The largest absolute Gasteiger partial charge is 0.354 e. The smallest absolute Gasteiger partial charge is 0.269 e. The molecule has 1 unspecified atom stereocenters. The zero-order chi connectivity index (χ0) is 20.3. The van der Waals surface area contributed by atoms with Crippen LogP contribution in [-0.4, -0.2) is 46.8 Å². The summed E-state index contributed by atoms with van der Waals surface area (Å²) in [6, 6.07) is 7.76. The van der Waals surface area contributed by atoms with Gasteiger partial charge in [-0.05, 0) is 43.5 Å². The van der Waals surface area contributed by atoms with Crippen LogP contribution in [0.3, 0.4) is 0 Å². The summed E-state index contributed by atoms with van der Waals surface area (Å²) in [4.78, 5) is 35.1. The monoisotopic (exact) mass is 380 g/mol. The van der Waals surface area contributed by atoms with E-state index in [0.717, 1.165) is 48.4 Å². The summed E-state index contributed by atoms with van der Waals surface area (Å²) in [5.41, 5.74) is 4.34. The lowest BCUT2D eigenvalue weighted by molar-refractivity contribution is -0.135. The summed E-state index contributed by atoms with van der Waals surface area (Å²) in [6.45, 7) is 7.44. The summed E-state index contributed by atoms with van der Waals surface area (Å²) in [6.07, 6.45) is 3.75. The van der Waals surface area contributed by atoms with Crippen molar-refractivity contribution >= 4 is 11.8 Å². The fourth-order valence-corrected chi connectivity index (χ4v) is 3.68. The first kappa shape index (κ1) is 20.0. The average Bonchev–Trinajstić information content (AvgIpc) is 2.72. The van der Waals surface area contributed by atoms with Gasteiger partial charge in [0.1, 0.15) is 5.69 Å². The number of hydrogen-bond acceptors (Lipinski definition) is 4. The Morgan fingerprint density at radius 3 is 2.64 bits per heavy atom. The van der Waals surface area contributed by atoms with Crippen LogP contribution in [0.15, 0.2) is 30.5 Å². The number of carbonyl (C=O) groups is 2. The van der Waals surface area contributed by atoms with Gasteiger partial charge in [-0.25, -0.2) is 0 Å². The molecule has 0 saturated carbocycles. The third kappa shape index (κ3) is 4.38. The van der Waals surface area contributed by atoms with E-state index in [9.17, 15) is 9.59 Å². The van der Waals surface area contributed by atoms with Gasteiger partial charge in [-0.3, -0.25) is 19.6 Å². The Kier molecular flexibility index (Phi) is 6.07. The van der Waals surface area contributed by atoms with Gasteiger partial charge in [0.15, 0.2) is 0 Å². The second kappa shape index (κ2) is 8.50. The molecule has 1 atom stereocenters. The van der Waals surface area contributed by atoms with Crippen molar-refractivity contribution in [2.24, 2.45) is 5.92 Å². The normalized spacial score (nSPS) is 16.9. The van der Waals surface area contributed by atoms with Crippen LogP contribution in [0.5, 0.6) is 0 Å². The number of aryl methyl sites for hydroxylation is 1. The Balaban J connectivity index is 1.85. The highest BCUT2D eigenvalue weighted by Crippen LogP contribution is 2.30. The third-order valence-electron chi connectivity index (χ3n) is 5.17. The summed E-state index contributed by atoms with van der Waals surface area (Å²) < 4.78 is 0. The van der Waals surface area contributed by atoms with Crippen molar-refractivity contribution < 1.29 is 9.59 Å². The lowest BCUT2D eigenvalue weighted by Gasteiger charge is -2.34. The molecule has 0 aliphatic carbocycles. The van der Waals surface area contributed by atoms with E-state index in [1.165, 1.54) is 0 Å². The molecule has 2 aromatic rings. The highest BCUT2D eigenvalue weighted by Gasteiger charge is 2.27. The van der Waals surface area contributed by atoms with Crippen LogP contribution < -0.4 is 5.32 Å². The number of likely N-dealkylation sites (tertiary alicyclic amines) is 1. The van der Waals surface area contributed by atoms with Gasteiger partial charge in [0.05, 0.1) is 0 Å². The fourth-order valence-electron chi connectivity index (χ4n) is 3.68. The van der Waals surface area contributed by atoms with E-state index in [2.05, 4.69) is 16.4 Å². The van der Waals surface area contributed by atoms with Crippen LogP contribution in [0.1, 0.15) is 54.5 Å². The highest BCUT2D eigenvalue weighted by molar-refractivity contribution is 5.92. The highest BCUT2D eigenvalue weighted by atomic mass is 16.2. The van der Waals surface area contributed by atoms with Crippen molar-refractivity contribution in [3.63, 3.8) is 0 Å². The Bertz CT molecular complexity index is 861. The standard InChI is InChI=1S/C22H28N4O2/c1-14(2)22(28)26-9-5-6-17(13-26)20-11-18(10-15(3)25-20)16-7-8-19(24-12-16)21(27)23-4/h7-8,10-12,14,17H,5-6,9,13H2,1-4H3,(H,23,27). The number of carbonyl (C=O) groups excluding carboxylic acids is 2. The minimum atomic E-state index is -0.199. The molecule has 3 heterocycles. The maximum atomic E-state index is 12.4. The first-order chi connectivity index (χ1) is 13.4. The molecule has 1 aliphatic heterocycles. The minimum absolute atomic E-state index is 0.0182. The number of nitrogens with zero attached hydrogens (tertiary/aromatic N) is 3. The molecule has 1 N–H and O–H groups in total. The van der Waals surface area contributed by atoms with Gasteiger partial charge >= 0.3 is 0 Å². The molecular weight excluding hydrogens is 352 g/mol. The second-order valence-electron chi connectivity index (χ2n) is 7.71. The van der Waals surface area contributed by atoms with Crippen LogP contribution in [0.4, 0.5) is 0 Å². The number of nitrogens with one attached hydrogen (secondary N) is 1. The van der Waals surface area contributed by atoms with E-state index < -0.39 is 0 Å². The van der Waals surface area contributed by atoms with Gasteiger partial charge in [0, 0.05) is 55.1 Å². The molecule has 1 aliphatic rings. The molecule has 28 heavy (non-hydrogen) atoms. The van der Waals surface area contributed by atoms with Crippen molar-refractivity contribution in [1.82, 2.24) is 20.2 Å². The number of pyridine rings is 2. The van der Waals surface area contributed by atoms with E-state index in [1.807, 2.05) is 37.8 Å².